The molecule has 1 aromatic heterocycles. The lowest BCUT2D eigenvalue weighted by Crippen LogP contribution is -2.26. The van der Waals surface area contributed by atoms with Crippen molar-refractivity contribution in [3.63, 3.8) is 0 Å². The normalized spacial score (nSPS) is 17.7. The van der Waals surface area contributed by atoms with E-state index in [1.54, 1.807) is 7.11 Å². The van der Waals surface area contributed by atoms with E-state index in [2.05, 4.69) is 26.3 Å². The minimum absolute atomic E-state index is 0.379. The van der Waals surface area contributed by atoms with Crippen molar-refractivity contribution in [2.24, 2.45) is 5.92 Å². The van der Waals surface area contributed by atoms with Gasteiger partial charge < -0.3 is 10.1 Å². The largest absolute Gasteiger partial charge is 0.383 e. The summed E-state index contributed by atoms with van der Waals surface area (Å²) in [6, 6.07) is 0.379. The molecular weight excluding hydrogens is 294 g/mol. The van der Waals surface area contributed by atoms with Crippen molar-refractivity contribution in [2.75, 3.05) is 20.8 Å². The average Bonchev–Trinajstić information content (AvgIpc) is 2.68. The molecule has 0 aliphatic heterocycles. The lowest BCUT2D eigenvalue weighted by atomic mass is 9.80. The molecule has 0 amide bonds. The number of nitrogens with zero attached hydrogens (tertiary/aromatic N) is 2. The summed E-state index contributed by atoms with van der Waals surface area (Å²) < 4.78 is 8.28. The molecule has 1 fully saturated rings. The van der Waals surface area contributed by atoms with Crippen LogP contribution in [0.5, 0.6) is 0 Å². The van der Waals surface area contributed by atoms with Gasteiger partial charge in [0.25, 0.3) is 0 Å². The van der Waals surface area contributed by atoms with Crippen LogP contribution in [0.15, 0.2) is 10.7 Å². The molecule has 1 aliphatic carbocycles. The molecule has 2 rings (SSSR count). The number of aromatic nitrogens is 2. The van der Waals surface area contributed by atoms with Crippen LogP contribution in [0, 0.1) is 5.92 Å². The molecule has 1 aliphatic rings. The predicted octanol–water partition coefficient (Wildman–Crippen LogP) is 2.74. The van der Waals surface area contributed by atoms with Crippen molar-refractivity contribution in [3.05, 3.63) is 16.4 Å². The Morgan fingerprint density at radius 1 is 1.61 bits per heavy atom. The van der Waals surface area contributed by atoms with Crippen molar-refractivity contribution in [3.8, 4) is 0 Å². The number of ether oxygens (including phenoxy) is 1. The first-order valence-electron chi connectivity index (χ1n) is 6.63. The maximum absolute atomic E-state index is 5.14. The summed E-state index contributed by atoms with van der Waals surface area (Å²) in [5, 5.41) is 7.85. The van der Waals surface area contributed by atoms with Crippen LogP contribution in [0.3, 0.4) is 0 Å². The Morgan fingerprint density at radius 2 is 2.39 bits per heavy atom. The lowest BCUT2D eigenvalue weighted by Gasteiger charge is -2.30. The van der Waals surface area contributed by atoms with Crippen LogP contribution in [0.4, 0.5) is 0 Å². The minimum atomic E-state index is 0.379. The highest BCUT2D eigenvalue weighted by atomic mass is 79.9. The fourth-order valence-electron chi connectivity index (χ4n) is 2.50. The molecule has 0 aromatic carbocycles. The van der Waals surface area contributed by atoms with Gasteiger partial charge in [0.05, 0.1) is 35.6 Å². The van der Waals surface area contributed by atoms with Gasteiger partial charge in [-0.25, -0.2) is 0 Å². The first-order valence-corrected chi connectivity index (χ1v) is 7.43. The maximum atomic E-state index is 5.14. The predicted molar refractivity (Wildman–Crippen MR) is 75.6 cm³/mol. The molecular formula is C13H22BrN3O. The Kier molecular flexibility index (Phi) is 5.21. The van der Waals surface area contributed by atoms with E-state index in [1.807, 2.05) is 17.9 Å². The van der Waals surface area contributed by atoms with E-state index in [4.69, 9.17) is 4.74 Å². The zero-order valence-corrected chi connectivity index (χ0v) is 12.7. The van der Waals surface area contributed by atoms with Gasteiger partial charge in [0.2, 0.25) is 0 Å². The first kappa shape index (κ1) is 14.0. The lowest BCUT2D eigenvalue weighted by molar-refractivity contribution is 0.180. The SMILES string of the molecule is CNC(CC1CCC1)c1c(Br)cnn1CCOC. The number of nitrogens with one attached hydrogen (secondary N) is 1. The van der Waals surface area contributed by atoms with Gasteiger partial charge >= 0.3 is 0 Å². The molecule has 1 heterocycles. The summed E-state index contributed by atoms with van der Waals surface area (Å²) in [5.74, 6) is 0.875. The van der Waals surface area contributed by atoms with Crippen LogP contribution in [0.2, 0.25) is 0 Å². The molecule has 1 aromatic rings. The van der Waals surface area contributed by atoms with E-state index in [9.17, 15) is 0 Å². The summed E-state index contributed by atoms with van der Waals surface area (Å²) in [4.78, 5) is 0. The summed E-state index contributed by atoms with van der Waals surface area (Å²) in [6.07, 6.45) is 7.24. The summed E-state index contributed by atoms with van der Waals surface area (Å²) in [7, 11) is 3.76. The molecule has 0 bridgehead atoms. The fourth-order valence-corrected chi connectivity index (χ4v) is 3.07. The molecule has 5 heteroatoms. The molecule has 1 N–H and O–H groups in total. The molecule has 102 valence electrons. The third-order valence-corrected chi connectivity index (χ3v) is 4.42. The van der Waals surface area contributed by atoms with Crippen molar-refractivity contribution in [1.29, 1.82) is 0 Å². The summed E-state index contributed by atoms with van der Waals surface area (Å²) in [5.41, 5.74) is 1.25. The Balaban J connectivity index is 2.09. The second-order valence-corrected chi connectivity index (χ2v) is 5.82. The second-order valence-electron chi connectivity index (χ2n) is 4.97. The third kappa shape index (κ3) is 3.13. The Labute approximate surface area is 117 Å². The summed E-state index contributed by atoms with van der Waals surface area (Å²) >= 11 is 3.62. The number of halogens is 1. The summed E-state index contributed by atoms with van der Waals surface area (Å²) in [6.45, 7) is 1.50. The van der Waals surface area contributed by atoms with Crippen molar-refractivity contribution in [1.82, 2.24) is 15.1 Å². The van der Waals surface area contributed by atoms with E-state index in [0.29, 0.717) is 12.6 Å². The molecule has 18 heavy (non-hydrogen) atoms. The standard InChI is InChI=1S/C13H22BrN3O/c1-15-12(8-10-4-3-5-10)13-11(14)9-16-17(13)6-7-18-2/h9-10,12,15H,3-8H2,1-2H3. The van der Waals surface area contributed by atoms with Crippen molar-refractivity contribution >= 4 is 15.9 Å². The Hall–Kier alpha value is -0.390. The monoisotopic (exact) mass is 315 g/mol. The van der Waals surface area contributed by atoms with Gasteiger partial charge in [-0.15, -0.1) is 0 Å². The quantitative estimate of drug-likeness (QED) is 0.841. The van der Waals surface area contributed by atoms with Crippen LogP contribution in [0.1, 0.15) is 37.4 Å². The van der Waals surface area contributed by atoms with Crippen LogP contribution in [-0.2, 0) is 11.3 Å². The number of rotatable bonds is 7. The van der Waals surface area contributed by atoms with Crippen LogP contribution in [-0.4, -0.2) is 30.5 Å². The first-order chi connectivity index (χ1) is 8.76. The molecule has 0 spiro atoms. The molecule has 0 saturated heterocycles. The van der Waals surface area contributed by atoms with Gasteiger partial charge in [-0.2, -0.15) is 5.10 Å². The zero-order chi connectivity index (χ0) is 13.0. The number of methoxy groups -OCH3 is 1. The maximum Gasteiger partial charge on any atom is 0.0696 e. The number of hydrogen-bond acceptors (Lipinski definition) is 3. The van der Waals surface area contributed by atoms with E-state index < -0.39 is 0 Å². The van der Waals surface area contributed by atoms with Gasteiger partial charge in [0, 0.05) is 7.11 Å². The van der Waals surface area contributed by atoms with E-state index in [0.717, 1.165) is 16.9 Å². The van der Waals surface area contributed by atoms with Crippen molar-refractivity contribution < 1.29 is 4.74 Å². The Morgan fingerprint density at radius 3 is 2.94 bits per heavy atom. The topological polar surface area (TPSA) is 39.1 Å². The minimum Gasteiger partial charge on any atom is -0.383 e. The Bertz CT molecular complexity index is 376. The van der Waals surface area contributed by atoms with Crippen LogP contribution in [0.25, 0.3) is 0 Å². The van der Waals surface area contributed by atoms with Gasteiger partial charge in [-0.1, -0.05) is 19.3 Å². The van der Waals surface area contributed by atoms with E-state index >= 15 is 0 Å². The zero-order valence-electron chi connectivity index (χ0n) is 11.2. The second kappa shape index (κ2) is 6.68. The smallest absolute Gasteiger partial charge is 0.0696 e. The molecule has 1 atom stereocenters. The van der Waals surface area contributed by atoms with Crippen LogP contribution >= 0.6 is 15.9 Å². The molecule has 0 radical (unpaired) electrons. The van der Waals surface area contributed by atoms with E-state index in [-0.39, 0.29) is 0 Å². The van der Waals surface area contributed by atoms with Gasteiger partial charge in [0.15, 0.2) is 0 Å². The average molecular weight is 316 g/mol. The van der Waals surface area contributed by atoms with Gasteiger partial charge in [0.1, 0.15) is 0 Å². The number of hydrogen-bond donors (Lipinski definition) is 1. The molecule has 1 saturated carbocycles. The molecule has 4 nitrogen and oxygen atoms in total. The fraction of sp³-hybridized carbons (Fsp3) is 0.769. The van der Waals surface area contributed by atoms with Gasteiger partial charge in [-0.3, -0.25) is 4.68 Å². The van der Waals surface area contributed by atoms with Gasteiger partial charge in [-0.05, 0) is 35.3 Å². The van der Waals surface area contributed by atoms with Crippen LogP contribution < -0.4 is 5.32 Å². The highest BCUT2D eigenvalue weighted by molar-refractivity contribution is 9.10. The van der Waals surface area contributed by atoms with E-state index in [1.165, 1.54) is 31.4 Å². The van der Waals surface area contributed by atoms with Crippen molar-refractivity contribution in [2.45, 2.75) is 38.3 Å². The highest BCUT2D eigenvalue weighted by Crippen LogP contribution is 2.36. The third-order valence-electron chi connectivity index (χ3n) is 3.81. The highest BCUT2D eigenvalue weighted by Gasteiger charge is 2.25. The molecule has 1 unspecified atom stereocenters.